The zero-order chi connectivity index (χ0) is 15.5. The molecule has 1 heterocycles. The summed E-state index contributed by atoms with van der Waals surface area (Å²) in [6.45, 7) is 6.36. The Hall–Kier alpha value is -0.850. The monoisotopic (exact) mass is 313 g/mol. The maximum Gasteiger partial charge on any atom is 0.244 e. The molecule has 0 unspecified atom stereocenters. The molecule has 0 aliphatic heterocycles. The molecule has 2 rings (SSSR count). The van der Waals surface area contributed by atoms with Crippen LogP contribution in [0.2, 0.25) is 0 Å². The first-order chi connectivity index (χ1) is 10.0. The van der Waals surface area contributed by atoms with Crippen LogP contribution in [-0.4, -0.2) is 37.4 Å². The quantitative estimate of drug-likeness (QED) is 0.712. The molecule has 21 heavy (non-hydrogen) atoms. The lowest BCUT2D eigenvalue weighted by Gasteiger charge is -2.14. The zero-order valence-corrected chi connectivity index (χ0v) is 14.1. The van der Waals surface area contributed by atoms with Crippen molar-refractivity contribution < 1.29 is 8.42 Å². The summed E-state index contributed by atoms with van der Waals surface area (Å²) >= 11 is 0. The third-order valence-electron chi connectivity index (χ3n) is 3.83. The third kappa shape index (κ3) is 3.87. The van der Waals surface area contributed by atoms with Crippen LogP contribution >= 0.6 is 0 Å². The molecule has 1 aliphatic rings. The van der Waals surface area contributed by atoms with E-state index in [-0.39, 0.29) is 0 Å². The Morgan fingerprint density at radius 2 is 2.05 bits per heavy atom. The van der Waals surface area contributed by atoms with Crippen LogP contribution in [0, 0.1) is 0 Å². The summed E-state index contributed by atoms with van der Waals surface area (Å²) in [4.78, 5) is 0.429. The smallest absolute Gasteiger partial charge is 0.244 e. The molecular formula is C15H27N3O2S. The van der Waals surface area contributed by atoms with E-state index >= 15 is 0 Å². The lowest BCUT2D eigenvalue weighted by Crippen LogP contribution is -2.27. The molecule has 1 aromatic rings. The molecule has 0 aromatic carbocycles. The van der Waals surface area contributed by atoms with Gasteiger partial charge in [0.25, 0.3) is 0 Å². The highest BCUT2D eigenvalue weighted by molar-refractivity contribution is 7.89. The molecular weight excluding hydrogens is 286 g/mol. The van der Waals surface area contributed by atoms with Crippen LogP contribution in [0.5, 0.6) is 0 Å². The van der Waals surface area contributed by atoms with Gasteiger partial charge in [-0.1, -0.05) is 13.8 Å². The van der Waals surface area contributed by atoms with Crippen LogP contribution < -0.4 is 5.32 Å². The Balaban J connectivity index is 2.22. The fourth-order valence-electron chi connectivity index (χ4n) is 2.48. The maximum absolute atomic E-state index is 12.6. The molecule has 1 saturated carbocycles. The number of aromatic nitrogens is 1. The number of rotatable bonds is 9. The van der Waals surface area contributed by atoms with Gasteiger partial charge in [-0.3, -0.25) is 0 Å². The first-order valence-corrected chi connectivity index (χ1v) is 9.32. The number of hydrogen-bond acceptors (Lipinski definition) is 3. The molecule has 0 radical (unpaired) electrons. The molecule has 0 bridgehead atoms. The average Bonchev–Trinajstić information content (AvgIpc) is 3.20. The second kappa shape index (κ2) is 6.94. The van der Waals surface area contributed by atoms with Gasteiger partial charge in [-0.25, -0.2) is 12.7 Å². The van der Waals surface area contributed by atoms with Crippen LogP contribution in [-0.2, 0) is 16.6 Å². The fourth-order valence-corrected chi connectivity index (χ4v) is 3.79. The molecule has 5 nitrogen and oxygen atoms in total. The van der Waals surface area contributed by atoms with Crippen molar-refractivity contribution in [3.05, 3.63) is 18.0 Å². The summed E-state index contributed by atoms with van der Waals surface area (Å²) < 4.78 is 28.7. The van der Waals surface area contributed by atoms with Crippen molar-refractivity contribution in [3.8, 4) is 0 Å². The molecule has 1 fully saturated rings. The molecule has 6 heteroatoms. The van der Waals surface area contributed by atoms with E-state index in [9.17, 15) is 8.42 Å². The van der Waals surface area contributed by atoms with E-state index in [0.717, 1.165) is 44.5 Å². The van der Waals surface area contributed by atoms with Gasteiger partial charge in [-0.15, -0.1) is 0 Å². The summed E-state index contributed by atoms with van der Waals surface area (Å²) in [6, 6.07) is 2.33. The second-order valence-corrected chi connectivity index (χ2v) is 7.85. The van der Waals surface area contributed by atoms with E-state index in [4.69, 9.17) is 0 Å². The van der Waals surface area contributed by atoms with Crippen LogP contribution in [0.15, 0.2) is 17.2 Å². The summed E-state index contributed by atoms with van der Waals surface area (Å²) in [7, 11) is -1.70. The van der Waals surface area contributed by atoms with Crippen molar-refractivity contribution in [2.45, 2.75) is 57.0 Å². The minimum absolute atomic E-state index is 0.429. The van der Waals surface area contributed by atoms with E-state index in [1.165, 1.54) is 4.31 Å². The molecule has 0 amide bonds. The van der Waals surface area contributed by atoms with Crippen molar-refractivity contribution in [1.82, 2.24) is 14.2 Å². The molecule has 1 aromatic heterocycles. The summed E-state index contributed by atoms with van der Waals surface area (Å²) in [5.41, 5.74) is 1.08. The molecule has 120 valence electrons. The van der Waals surface area contributed by atoms with Gasteiger partial charge in [0.15, 0.2) is 0 Å². The van der Waals surface area contributed by atoms with Crippen LogP contribution in [0.3, 0.4) is 0 Å². The van der Waals surface area contributed by atoms with Gasteiger partial charge in [0, 0.05) is 38.1 Å². The Morgan fingerprint density at radius 3 is 2.62 bits per heavy atom. The van der Waals surface area contributed by atoms with Crippen LogP contribution in [0.25, 0.3) is 0 Å². The minimum atomic E-state index is -3.35. The predicted octanol–water partition coefficient (Wildman–Crippen LogP) is 2.35. The largest absolute Gasteiger partial charge is 0.346 e. The number of sulfonamides is 1. The Bertz CT molecular complexity index is 561. The number of nitrogens with zero attached hydrogens (tertiary/aromatic N) is 2. The normalized spacial score (nSPS) is 15.8. The number of nitrogens with one attached hydrogen (secondary N) is 1. The van der Waals surface area contributed by atoms with E-state index in [1.807, 2.05) is 19.2 Å². The molecule has 0 saturated heterocycles. The van der Waals surface area contributed by atoms with Crippen molar-refractivity contribution in [1.29, 1.82) is 0 Å². The van der Waals surface area contributed by atoms with Crippen LogP contribution in [0.1, 0.15) is 51.3 Å². The minimum Gasteiger partial charge on any atom is -0.346 e. The van der Waals surface area contributed by atoms with Gasteiger partial charge in [0.1, 0.15) is 4.90 Å². The van der Waals surface area contributed by atoms with Crippen molar-refractivity contribution in [2.24, 2.45) is 0 Å². The van der Waals surface area contributed by atoms with E-state index < -0.39 is 10.0 Å². The molecule has 1 N–H and O–H groups in total. The van der Waals surface area contributed by atoms with Crippen molar-refractivity contribution >= 4 is 10.0 Å². The zero-order valence-electron chi connectivity index (χ0n) is 13.3. The summed E-state index contributed by atoms with van der Waals surface area (Å²) in [5.74, 6) is 0. The Morgan fingerprint density at radius 1 is 1.33 bits per heavy atom. The van der Waals surface area contributed by atoms with Crippen molar-refractivity contribution in [2.75, 3.05) is 20.1 Å². The lowest BCUT2D eigenvalue weighted by molar-refractivity contribution is 0.468. The van der Waals surface area contributed by atoms with Gasteiger partial charge < -0.3 is 9.88 Å². The summed E-state index contributed by atoms with van der Waals surface area (Å²) in [5, 5.41) is 3.36. The standard InChI is InChI=1S/C15H27N3O2S/c1-4-8-16-11-14-10-15(12-18(14)13-6-7-13)21(19,20)17(3)9-5-2/h10,12-13,16H,4-9,11H2,1-3H3. The topological polar surface area (TPSA) is 54.3 Å². The molecule has 0 atom stereocenters. The van der Waals surface area contributed by atoms with Gasteiger partial charge in [-0.2, -0.15) is 0 Å². The van der Waals surface area contributed by atoms with E-state index in [2.05, 4.69) is 16.8 Å². The van der Waals surface area contributed by atoms with Gasteiger partial charge in [0.2, 0.25) is 10.0 Å². The SMILES string of the molecule is CCCNCc1cc(S(=O)(=O)N(C)CCC)cn1C1CC1. The average molecular weight is 313 g/mol. The highest BCUT2D eigenvalue weighted by Gasteiger charge is 2.29. The predicted molar refractivity (Wildman–Crippen MR) is 84.8 cm³/mol. The lowest BCUT2D eigenvalue weighted by atomic mass is 10.4. The summed E-state index contributed by atoms with van der Waals surface area (Å²) in [6.07, 6.45) is 6.03. The first kappa shape index (κ1) is 16.5. The number of hydrogen-bond donors (Lipinski definition) is 1. The van der Waals surface area contributed by atoms with E-state index in [0.29, 0.717) is 17.5 Å². The van der Waals surface area contributed by atoms with Crippen LogP contribution in [0.4, 0.5) is 0 Å². The fraction of sp³-hybridized carbons (Fsp3) is 0.733. The first-order valence-electron chi connectivity index (χ1n) is 7.88. The van der Waals surface area contributed by atoms with Gasteiger partial charge >= 0.3 is 0 Å². The van der Waals surface area contributed by atoms with Crippen molar-refractivity contribution in [3.63, 3.8) is 0 Å². The second-order valence-electron chi connectivity index (χ2n) is 5.81. The molecule has 1 aliphatic carbocycles. The third-order valence-corrected chi connectivity index (χ3v) is 5.65. The highest BCUT2D eigenvalue weighted by Crippen LogP contribution is 2.37. The van der Waals surface area contributed by atoms with Gasteiger partial charge in [0.05, 0.1) is 0 Å². The Labute approximate surface area is 128 Å². The van der Waals surface area contributed by atoms with E-state index in [1.54, 1.807) is 7.05 Å². The molecule has 0 spiro atoms. The Kier molecular flexibility index (Phi) is 5.46. The highest BCUT2D eigenvalue weighted by atomic mass is 32.2. The maximum atomic E-state index is 12.6. The van der Waals surface area contributed by atoms with Gasteiger partial charge in [-0.05, 0) is 38.3 Å².